The molecule has 5 heteroatoms. The standard InChI is InChI=1S/C12H22N2O3/c1-16-5-6-17-9-12(15)14-4-2-3-10-7-13-8-11(10)14/h10-11,13H,2-9H2,1H3. The van der Waals surface area contributed by atoms with Gasteiger partial charge in [0.05, 0.1) is 13.2 Å². The Morgan fingerprint density at radius 3 is 3.12 bits per heavy atom. The number of nitrogens with one attached hydrogen (secondary N) is 1. The molecule has 5 nitrogen and oxygen atoms in total. The fourth-order valence-corrected chi connectivity index (χ4v) is 2.76. The van der Waals surface area contributed by atoms with Gasteiger partial charge in [0.25, 0.3) is 0 Å². The lowest BCUT2D eigenvalue weighted by Crippen LogP contribution is -2.49. The van der Waals surface area contributed by atoms with E-state index in [4.69, 9.17) is 9.47 Å². The van der Waals surface area contributed by atoms with Crippen LogP contribution >= 0.6 is 0 Å². The predicted molar refractivity (Wildman–Crippen MR) is 63.8 cm³/mol. The molecule has 2 aliphatic rings. The van der Waals surface area contributed by atoms with Gasteiger partial charge in [0.15, 0.2) is 0 Å². The summed E-state index contributed by atoms with van der Waals surface area (Å²) in [6.07, 6.45) is 2.36. The van der Waals surface area contributed by atoms with Gasteiger partial charge in [-0.3, -0.25) is 4.79 Å². The Morgan fingerprint density at radius 1 is 1.41 bits per heavy atom. The van der Waals surface area contributed by atoms with Crippen molar-refractivity contribution in [1.82, 2.24) is 10.2 Å². The molecule has 98 valence electrons. The molecule has 0 aromatic carbocycles. The van der Waals surface area contributed by atoms with Gasteiger partial charge in [0, 0.05) is 32.8 Å². The van der Waals surface area contributed by atoms with Gasteiger partial charge in [-0.15, -0.1) is 0 Å². The number of nitrogens with zero attached hydrogens (tertiary/aromatic N) is 1. The summed E-state index contributed by atoms with van der Waals surface area (Å²) in [6.45, 7) is 4.10. The van der Waals surface area contributed by atoms with E-state index in [-0.39, 0.29) is 12.5 Å². The highest BCUT2D eigenvalue weighted by Crippen LogP contribution is 2.26. The van der Waals surface area contributed by atoms with Crippen molar-refractivity contribution in [2.45, 2.75) is 18.9 Å². The predicted octanol–water partition coefficient (Wildman–Crippen LogP) is -0.140. The molecule has 2 unspecified atom stereocenters. The van der Waals surface area contributed by atoms with Crippen LogP contribution in [0.2, 0.25) is 0 Å². The summed E-state index contributed by atoms with van der Waals surface area (Å²) in [4.78, 5) is 14.0. The second kappa shape index (κ2) is 6.33. The van der Waals surface area contributed by atoms with Crippen molar-refractivity contribution >= 4 is 5.91 Å². The van der Waals surface area contributed by atoms with Crippen molar-refractivity contribution in [3.05, 3.63) is 0 Å². The summed E-state index contributed by atoms with van der Waals surface area (Å²) in [6, 6.07) is 0.391. The third-order valence-electron chi connectivity index (χ3n) is 3.66. The van der Waals surface area contributed by atoms with Crippen molar-refractivity contribution in [1.29, 1.82) is 0 Å². The Morgan fingerprint density at radius 2 is 2.29 bits per heavy atom. The van der Waals surface area contributed by atoms with E-state index in [1.165, 1.54) is 6.42 Å². The van der Waals surface area contributed by atoms with Crippen LogP contribution in [0.1, 0.15) is 12.8 Å². The SMILES string of the molecule is COCCOCC(=O)N1CCCC2CNCC21. The van der Waals surface area contributed by atoms with Crippen LogP contribution in [0.3, 0.4) is 0 Å². The number of likely N-dealkylation sites (tertiary alicyclic amines) is 1. The molecular weight excluding hydrogens is 220 g/mol. The van der Waals surface area contributed by atoms with Crippen molar-refractivity contribution < 1.29 is 14.3 Å². The zero-order chi connectivity index (χ0) is 12.1. The lowest BCUT2D eigenvalue weighted by Gasteiger charge is -2.37. The maximum atomic E-state index is 12.0. The van der Waals surface area contributed by atoms with Crippen LogP contribution in [0.4, 0.5) is 0 Å². The molecule has 1 N–H and O–H groups in total. The number of amides is 1. The third kappa shape index (κ3) is 3.18. The summed E-state index contributed by atoms with van der Waals surface area (Å²) in [5.74, 6) is 0.770. The van der Waals surface area contributed by atoms with Gasteiger partial charge in [-0.05, 0) is 18.8 Å². The number of piperidine rings is 1. The van der Waals surface area contributed by atoms with Gasteiger partial charge in [-0.1, -0.05) is 0 Å². The maximum absolute atomic E-state index is 12.0. The first-order chi connectivity index (χ1) is 8.33. The Hall–Kier alpha value is -0.650. The van der Waals surface area contributed by atoms with Crippen LogP contribution in [-0.4, -0.2) is 63.4 Å². The molecule has 2 rings (SSSR count). The first-order valence-corrected chi connectivity index (χ1v) is 6.40. The van der Waals surface area contributed by atoms with Gasteiger partial charge >= 0.3 is 0 Å². The minimum Gasteiger partial charge on any atom is -0.382 e. The molecule has 0 aliphatic carbocycles. The van der Waals surface area contributed by atoms with Gasteiger partial charge < -0.3 is 19.7 Å². The zero-order valence-electron chi connectivity index (χ0n) is 10.5. The number of carbonyl (C=O) groups excluding carboxylic acids is 1. The number of rotatable bonds is 5. The smallest absolute Gasteiger partial charge is 0.248 e. The average molecular weight is 242 g/mol. The molecule has 0 spiro atoms. The molecule has 0 aromatic heterocycles. The summed E-state index contributed by atoms with van der Waals surface area (Å²) < 4.78 is 10.2. The fraction of sp³-hybridized carbons (Fsp3) is 0.917. The van der Waals surface area contributed by atoms with Crippen LogP contribution in [0.25, 0.3) is 0 Å². The van der Waals surface area contributed by atoms with E-state index in [1.807, 2.05) is 4.90 Å². The fourth-order valence-electron chi connectivity index (χ4n) is 2.76. The number of hydrogen-bond acceptors (Lipinski definition) is 4. The van der Waals surface area contributed by atoms with Gasteiger partial charge in [-0.2, -0.15) is 0 Å². The molecule has 0 aromatic rings. The van der Waals surface area contributed by atoms with Crippen molar-refractivity contribution in [2.24, 2.45) is 5.92 Å². The Kier molecular flexibility index (Phi) is 4.76. The van der Waals surface area contributed by atoms with Crippen LogP contribution in [0, 0.1) is 5.92 Å². The van der Waals surface area contributed by atoms with Crippen molar-refractivity contribution in [3.8, 4) is 0 Å². The Bertz CT molecular complexity index is 260. The minimum absolute atomic E-state index is 0.125. The van der Waals surface area contributed by atoms with E-state index in [2.05, 4.69) is 5.32 Å². The van der Waals surface area contributed by atoms with Crippen LogP contribution in [0.15, 0.2) is 0 Å². The monoisotopic (exact) mass is 242 g/mol. The van der Waals surface area contributed by atoms with Gasteiger partial charge in [-0.25, -0.2) is 0 Å². The highest BCUT2D eigenvalue weighted by Gasteiger charge is 2.37. The van der Waals surface area contributed by atoms with E-state index in [0.717, 1.165) is 26.1 Å². The third-order valence-corrected chi connectivity index (χ3v) is 3.66. The summed E-state index contributed by atoms with van der Waals surface area (Å²) in [5, 5.41) is 3.37. The molecule has 0 saturated carbocycles. The van der Waals surface area contributed by atoms with Crippen molar-refractivity contribution in [3.63, 3.8) is 0 Å². The van der Waals surface area contributed by atoms with Gasteiger partial charge in [0.1, 0.15) is 6.61 Å². The minimum atomic E-state index is 0.125. The highest BCUT2D eigenvalue weighted by atomic mass is 16.5. The number of methoxy groups -OCH3 is 1. The normalized spacial score (nSPS) is 28.2. The Balaban J connectivity index is 1.77. The van der Waals surface area contributed by atoms with E-state index < -0.39 is 0 Å². The quantitative estimate of drug-likeness (QED) is 0.682. The summed E-state index contributed by atoms with van der Waals surface area (Å²) >= 11 is 0. The topological polar surface area (TPSA) is 50.8 Å². The van der Waals surface area contributed by atoms with Crippen LogP contribution < -0.4 is 5.32 Å². The molecule has 2 heterocycles. The van der Waals surface area contributed by atoms with Crippen LogP contribution in [0.5, 0.6) is 0 Å². The highest BCUT2D eigenvalue weighted by molar-refractivity contribution is 5.78. The second-order valence-electron chi connectivity index (χ2n) is 4.76. The lowest BCUT2D eigenvalue weighted by atomic mass is 9.92. The molecular formula is C12H22N2O3. The zero-order valence-corrected chi connectivity index (χ0v) is 10.5. The lowest BCUT2D eigenvalue weighted by molar-refractivity contribution is -0.140. The molecule has 2 atom stereocenters. The van der Waals surface area contributed by atoms with Crippen LogP contribution in [-0.2, 0) is 14.3 Å². The number of fused-ring (bicyclic) bond motifs is 1. The number of ether oxygens (including phenoxy) is 2. The average Bonchev–Trinajstić information content (AvgIpc) is 2.82. The Labute approximate surface area is 102 Å². The van der Waals surface area contributed by atoms with E-state index in [1.54, 1.807) is 7.11 Å². The molecule has 2 fully saturated rings. The molecule has 0 radical (unpaired) electrons. The van der Waals surface area contributed by atoms with E-state index in [0.29, 0.717) is 25.2 Å². The summed E-state index contributed by atoms with van der Waals surface area (Å²) in [5.41, 5.74) is 0. The molecule has 17 heavy (non-hydrogen) atoms. The number of carbonyl (C=O) groups is 1. The molecule has 1 amide bonds. The van der Waals surface area contributed by atoms with E-state index >= 15 is 0 Å². The second-order valence-corrected chi connectivity index (χ2v) is 4.76. The first kappa shape index (κ1) is 12.8. The molecule has 0 bridgehead atoms. The van der Waals surface area contributed by atoms with E-state index in [9.17, 15) is 4.79 Å². The summed E-state index contributed by atoms with van der Waals surface area (Å²) in [7, 11) is 1.63. The van der Waals surface area contributed by atoms with Crippen molar-refractivity contribution in [2.75, 3.05) is 46.6 Å². The molecule has 2 aliphatic heterocycles. The number of hydrogen-bond donors (Lipinski definition) is 1. The maximum Gasteiger partial charge on any atom is 0.248 e. The molecule has 2 saturated heterocycles. The largest absolute Gasteiger partial charge is 0.382 e. The first-order valence-electron chi connectivity index (χ1n) is 6.40. The van der Waals surface area contributed by atoms with Gasteiger partial charge in [0.2, 0.25) is 5.91 Å².